The van der Waals surface area contributed by atoms with Crippen molar-refractivity contribution in [2.75, 3.05) is 26.3 Å². The Hall–Kier alpha value is -1.26. The monoisotopic (exact) mass is 290 g/mol. The summed E-state index contributed by atoms with van der Waals surface area (Å²) in [6.45, 7) is 8.15. The van der Waals surface area contributed by atoms with E-state index in [1.54, 1.807) is 0 Å². The molecule has 21 heavy (non-hydrogen) atoms. The van der Waals surface area contributed by atoms with Gasteiger partial charge in [0.2, 0.25) is 0 Å². The third kappa shape index (κ3) is 3.16. The smallest absolute Gasteiger partial charge is 0.161 e. The summed E-state index contributed by atoms with van der Waals surface area (Å²) in [5.41, 5.74) is 7.62. The van der Waals surface area contributed by atoms with Crippen LogP contribution in [0.15, 0.2) is 18.2 Å². The number of ether oxygens (including phenoxy) is 2. The number of hydrogen-bond donors (Lipinski definition) is 1. The fraction of sp³-hybridized carbons (Fsp3) is 0.647. The molecule has 1 fully saturated rings. The van der Waals surface area contributed by atoms with Crippen molar-refractivity contribution in [3.8, 4) is 11.5 Å². The van der Waals surface area contributed by atoms with E-state index in [-0.39, 0.29) is 6.04 Å². The molecule has 2 atom stereocenters. The number of benzene rings is 1. The largest absolute Gasteiger partial charge is 0.490 e. The maximum absolute atomic E-state index is 6.37. The van der Waals surface area contributed by atoms with E-state index in [9.17, 15) is 0 Å². The van der Waals surface area contributed by atoms with Crippen molar-refractivity contribution in [1.29, 1.82) is 0 Å². The van der Waals surface area contributed by atoms with Crippen LogP contribution in [0.2, 0.25) is 0 Å². The SMILES string of the molecule is CC(C)CN1CCC(N)C1c1ccc2c(c1)OCCCO2. The first-order valence-corrected chi connectivity index (χ1v) is 8.04. The van der Waals surface area contributed by atoms with Crippen LogP contribution < -0.4 is 15.2 Å². The molecule has 0 radical (unpaired) electrons. The average molecular weight is 290 g/mol. The van der Waals surface area contributed by atoms with E-state index in [2.05, 4.69) is 30.9 Å². The topological polar surface area (TPSA) is 47.7 Å². The molecule has 1 aromatic carbocycles. The molecule has 0 amide bonds. The molecule has 2 heterocycles. The summed E-state index contributed by atoms with van der Waals surface area (Å²) in [5.74, 6) is 2.38. The zero-order valence-corrected chi connectivity index (χ0v) is 13.0. The summed E-state index contributed by atoms with van der Waals surface area (Å²) >= 11 is 0. The molecule has 3 rings (SSSR count). The molecule has 2 unspecified atom stereocenters. The predicted octanol–water partition coefficient (Wildman–Crippen LogP) is 2.58. The fourth-order valence-corrected chi connectivity index (χ4v) is 3.38. The van der Waals surface area contributed by atoms with Gasteiger partial charge in [0.05, 0.1) is 19.3 Å². The summed E-state index contributed by atoms with van der Waals surface area (Å²) in [5, 5.41) is 0. The normalized spacial score (nSPS) is 26.1. The van der Waals surface area contributed by atoms with Gasteiger partial charge >= 0.3 is 0 Å². The summed E-state index contributed by atoms with van der Waals surface area (Å²) in [7, 11) is 0. The molecule has 1 aromatic rings. The van der Waals surface area contributed by atoms with Gasteiger partial charge in [0.15, 0.2) is 11.5 Å². The van der Waals surface area contributed by atoms with Crippen LogP contribution in [-0.2, 0) is 0 Å². The molecule has 0 aromatic heterocycles. The Morgan fingerprint density at radius 1 is 1.24 bits per heavy atom. The van der Waals surface area contributed by atoms with Gasteiger partial charge in [0.1, 0.15) is 0 Å². The quantitative estimate of drug-likeness (QED) is 0.929. The minimum atomic E-state index is 0.202. The highest BCUT2D eigenvalue weighted by molar-refractivity contribution is 5.44. The lowest BCUT2D eigenvalue weighted by Gasteiger charge is -2.29. The van der Waals surface area contributed by atoms with Crippen molar-refractivity contribution in [3.63, 3.8) is 0 Å². The van der Waals surface area contributed by atoms with Crippen molar-refractivity contribution in [1.82, 2.24) is 4.90 Å². The van der Waals surface area contributed by atoms with Gasteiger partial charge in [-0.3, -0.25) is 4.90 Å². The number of hydrogen-bond acceptors (Lipinski definition) is 4. The Morgan fingerprint density at radius 2 is 2.00 bits per heavy atom. The molecule has 0 saturated carbocycles. The molecule has 4 nitrogen and oxygen atoms in total. The third-order valence-corrected chi connectivity index (χ3v) is 4.26. The van der Waals surface area contributed by atoms with Crippen molar-refractivity contribution >= 4 is 0 Å². The second kappa shape index (κ2) is 6.24. The first-order valence-electron chi connectivity index (χ1n) is 8.04. The summed E-state index contributed by atoms with van der Waals surface area (Å²) in [6, 6.07) is 6.81. The van der Waals surface area contributed by atoms with E-state index < -0.39 is 0 Å². The Labute approximate surface area is 127 Å². The highest BCUT2D eigenvalue weighted by Gasteiger charge is 2.33. The maximum atomic E-state index is 6.37. The van der Waals surface area contributed by atoms with Gasteiger partial charge in [-0.15, -0.1) is 0 Å². The van der Waals surface area contributed by atoms with Gasteiger partial charge in [0, 0.05) is 25.6 Å². The average Bonchev–Trinajstić information content (AvgIpc) is 2.67. The van der Waals surface area contributed by atoms with Gasteiger partial charge in [-0.1, -0.05) is 19.9 Å². The van der Waals surface area contributed by atoms with Gasteiger partial charge in [-0.25, -0.2) is 0 Å². The Bertz CT molecular complexity index is 490. The molecule has 4 heteroatoms. The van der Waals surface area contributed by atoms with E-state index in [0.29, 0.717) is 12.0 Å². The van der Waals surface area contributed by atoms with E-state index in [4.69, 9.17) is 15.2 Å². The van der Waals surface area contributed by atoms with Gasteiger partial charge in [-0.2, -0.15) is 0 Å². The number of nitrogens with zero attached hydrogens (tertiary/aromatic N) is 1. The minimum Gasteiger partial charge on any atom is -0.490 e. The lowest BCUT2D eigenvalue weighted by molar-refractivity contribution is 0.220. The van der Waals surface area contributed by atoms with Crippen LogP contribution in [0.5, 0.6) is 11.5 Å². The second-order valence-electron chi connectivity index (χ2n) is 6.54. The molecule has 0 aliphatic carbocycles. The second-order valence-corrected chi connectivity index (χ2v) is 6.54. The molecule has 0 bridgehead atoms. The van der Waals surface area contributed by atoms with Crippen molar-refractivity contribution in [2.45, 2.75) is 38.8 Å². The minimum absolute atomic E-state index is 0.202. The molecule has 2 aliphatic rings. The van der Waals surface area contributed by atoms with Crippen LogP contribution >= 0.6 is 0 Å². The van der Waals surface area contributed by atoms with Crippen LogP contribution in [0.4, 0.5) is 0 Å². The van der Waals surface area contributed by atoms with E-state index >= 15 is 0 Å². The zero-order chi connectivity index (χ0) is 14.8. The van der Waals surface area contributed by atoms with E-state index in [0.717, 1.165) is 50.6 Å². The van der Waals surface area contributed by atoms with Gasteiger partial charge < -0.3 is 15.2 Å². The summed E-state index contributed by atoms with van der Waals surface area (Å²) < 4.78 is 11.5. The molecular weight excluding hydrogens is 264 g/mol. The first kappa shape index (κ1) is 14.7. The lowest BCUT2D eigenvalue weighted by atomic mass is 9.99. The van der Waals surface area contributed by atoms with Gasteiger partial charge in [-0.05, 0) is 30.0 Å². The zero-order valence-electron chi connectivity index (χ0n) is 13.0. The van der Waals surface area contributed by atoms with E-state index in [1.807, 2.05) is 6.07 Å². The maximum Gasteiger partial charge on any atom is 0.161 e. The molecular formula is C17H26N2O2. The molecule has 2 N–H and O–H groups in total. The van der Waals surface area contributed by atoms with Crippen molar-refractivity contribution in [2.24, 2.45) is 11.7 Å². The van der Waals surface area contributed by atoms with Crippen LogP contribution in [0.25, 0.3) is 0 Å². The van der Waals surface area contributed by atoms with Crippen molar-refractivity contribution < 1.29 is 9.47 Å². The van der Waals surface area contributed by atoms with Crippen LogP contribution in [0.1, 0.15) is 38.3 Å². The Kier molecular flexibility index (Phi) is 4.36. The van der Waals surface area contributed by atoms with Gasteiger partial charge in [0.25, 0.3) is 0 Å². The Balaban J connectivity index is 1.86. The molecule has 116 valence electrons. The molecule has 0 spiro atoms. The highest BCUT2D eigenvalue weighted by Crippen LogP contribution is 2.37. The highest BCUT2D eigenvalue weighted by atomic mass is 16.5. The lowest BCUT2D eigenvalue weighted by Crippen LogP contribution is -2.33. The summed E-state index contributed by atoms with van der Waals surface area (Å²) in [6.07, 6.45) is 2.00. The number of rotatable bonds is 3. The van der Waals surface area contributed by atoms with Crippen LogP contribution in [0, 0.1) is 5.92 Å². The van der Waals surface area contributed by atoms with Crippen molar-refractivity contribution in [3.05, 3.63) is 23.8 Å². The third-order valence-electron chi connectivity index (χ3n) is 4.26. The molecule has 2 aliphatic heterocycles. The standard InChI is InChI=1S/C17H26N2O2/c1-12(2)11-19-7-6-14(18)17(19)13-4-5-15-16(10-13)21-9-3-8-20-15/h4-5,10,12,14,17H,3,6-9,11,18H2,1-2H3. The number of fused-ring (bicyclic) bond motifs is 1. The predicted molar refractivity (Wildman–Crippen MR) is 83.8 cm³/mol. The van der Waals surface area contributed by atoms with Crippen LogP contribution in [-0.4, -0.2) is 37.2 Å². The fourth-order valence-electron chi connectivity index (χ4n) is 3.38. The first-order chi connectivity index (χ1) is 10.1. The number of likely N-dealkylation sites (tertiary alicyclic amines) is 1. The molecule has 1 saturated heterocycles. The summed E-state index contributed by atoms with van der Waals surface area (Å²) in [4.78, 5) is 2.51. The Morgan fingerprint density at radius 3 is 2.76 bits per heavy atom. The number of nitrogens with two attached hydrogens (primary N) is 1. The van der Waals surface area contributed by atoms with E-state index in [1.165, 1.54) is 5.56 Å². The van der Waals surface area contributed by atoms with Crippen LogP contribution in [0.3, 0.4) is 0 Å².